The quantitative estimate of drug-likeness (QED) is 0.632. The van der Waals surface area contributed by atoms with E-state index < -0.39 is 6.10 Å². The van der Waals surface area contributed by atoms with Gasteiger partial charge in [0.1, 0.15) is 0 Å². The van der Waals surface area contributed by atoms with Crippen LogP contribution in [0.15, 0.2) is 54.6 Å². The van der Waals surface area contributed by atoms with Crippen LogP contribution in [0.3, 0.4) is 0 Å². The van der Waals surface area contributed by atoms with Crippen LogP contribution in [0.4, 0.5) is 0 Å². The second-order valence-corrected chi connectivity index (χ2v) is 7.55. The van der Waals surface area contributed by atoms with Gasteiger partial charge in [0.2, 0.25) is 0 Å². The molecule has 0 aliphatic carbocycles. The number of rotatable bonds is 7. The molecule has 0 amide bonds. The molecule has 2 aromatic carbocycles. The molecule has 0 fully saturated rings. The van der Waals surface area contributed by atoms with E-state index in [-0.39, 0.29) is 5.92 Å². The molecule has 0 radical (unpaired) electrons. The molecule has 0 aliphatic rings. The highest BCUT2D eigenvalue weighted by atomic mass is 16.3. The predicted octanol–water partition coefficient (Wildman–Crippen LogP) is 6.31. The molecule has 0 spiro atoms. The average molecular weight is 325 g/mol. The molecule has 2 unspecified atom stereocenters. The van der Waals surface area contributed by atoms with Gasteiger partial charge >= 0.3 is 0 Å². The summed E-state index contributed by atoms with van der Waals surface area (Å²) in [6, 6.07) is 19.0. The number of aliphatic hydroxyl groups is 1. The van der Waals surface area contributed by atoms with Gasteiger partial charge in [-0.2, -0.15) is 0 Å². The molecule has 0 saturated heterocycles. The van der Waals surface area contributed by atoms with Gasteiger partial charge in [-0.3, -0.25) is 0 Å². The highest BCUT2D eigenvalue weighted by Gasteiger charge is 2.26. The van der Waals surface area contributed by atoms with Gasteiger partial charge in [-0.1, -0.05) is 89.2 Å². The van der Waals surface area contributed by atoms with Gasteiger partial charge in [-0.05, 0) is 40.9 Å². The Morgan fingerprint density at radius 3 is 1.88 bits per heavy atom. The summed E-state index contributed by atoms with van der Waals surface area (Å²) in [5.74, 6) is 1.64. The minimum atomic E-state index is -0.475. The third-order valence-electron chi connectivity index (χ3n) is 5.17. The Kier molecular flexibility index (Phi) is 6.62. The lowest BCUT2D eigenvalue weighted by atomic mass is 9.79. The largest absolute Gasteiger partial charge is 0.388 e. The summed E-state index contributed by atoms with van der Waals surface area (Å²) in [6.45, 7) is 11.2. The lowest BCUT2D eigenvalue weighted by molar-refractivity contribution is 0.123. The molecule has 0 heterocycles. The van der Waals surface area contributed by atoms with Crippen molar-refractivity contribution in [3.63, 3.8) is 0 Å². The van der Waals surface area contributed by atoms with E-state index in [1.807, 2.05) is 6.07 Å². The Balaban J connectivity index is 2.35. The van der Waals surface area contributed by atoms with Crippen molar-refractivity contribution in [2.24, 2.45) is 11.8 Å². The van der Waals surface area contributed by atoms with Crippen LogP contribution in [0.25, 0.3) is 0 Å². The van der Waals surface area contributed by atoms with E-state index >= 15 is 0 Å². The van der Waals surface area contributed by atoms with E-state index in [1.54, 1.807) is 0 Å². The molecule has 2 rings (SSSR count). The van der Waals surface area contributed by atoms with E-state index in [1.165, 1.54) is 11.1 Å². The van der Waals surface area contributed by atoms with Crippen molar-refractivity contribution in [2.75, 3.05) is 0 Å². The first kappa shape index (κ1) is 18.7. The van der Waals surface area contributed by atoms with Gasteiger partial charge in [0.25, 0.3) is 0 Å². The van der Waals surface area contributed by atoms with Gasteiger partial charge in [-0.25, -0.2) is 0 Å². The average Bonchev–Trinajstić information content (AvgIpc) is 2.56. The van der Waals surface area contributed by atoms with Gasteiger partial charge < -0.3 is 5.11 Å². The molecular formula is C23H32O. The summed E-state index contributed by atoms with van der Waals surface area (Å²) in [6.07, 6.45) is 0.653. The van der Waals surface area contributed by atoms with Crippen LogP contribution in [0.5, 0.6) is 0 Å². The van der Waals surface area contributed by atoms with Crippen LogP contribution in [0.2, 0.25) is 0 Å². The van der Waals surface area contributed by atoms with Crippen LogP contribution in [0.1, 0.15) is 75.7 Å². The summed E-state index contributed by atoms with van der Waals surface area (Å²) in [5, 5.41) is 11.1. The summed E-state index contributed by atoms with van der Waals surface area (Å²) in [5.41, 5.74) is 3.59. The van der Waals surface area contributed by atoms with Crippen molar-refractivity contribution >= 4 is 0 Å². The Morgan fingerprint density at radius 2 is 1.33 bits per heavy atom. The van der Waals surface area contributed by atoms with Gasteiger partial charge in [0.05, 0.1) is 6.10 Å². The van der Waals surface area contributed by atoms with Crippen molar-refractivity contribution < 1.29 is 5.11 Å². The van der Waals surface area contributed by atoms with Crippen molar-refractivity contribution in [2.45, 2.75) is 59.0 Å². The molecule has 1 nitrogen and oxygen atoms in total. The first-order valence-electron chi connectivity index (χ1n) is 9.28. The molecule has 0 bridgehead atoms. The Labute approximate surface area is 147 Å². The Bertz CT molecular complexity index is 615. The molecule has 1 heteroatoms. The lowest BCUT2D eigenvalue weighted by Gasteiger charge is -2.28. The maximum Gasteiger partial charge on any atom is 0.0861 e. The smallest absolute Gasteiger partial charge is 0.0861 e. The van der Waals surface area contributed by atoms with E-state index in [4.69, 9.17) is 0 Å². The minimum absolute atomic E-state index is 0.112. The molecule has 0 aromatic heterocycles. The summed E-state index contributed by atoms with van der Waals surface area (Å²) < 4.78 is 0. The highest BCUT2D eigenvalue weighted by molar-refractivity contribution is 5.32. The van der Waals surface area contributed by atoms with E-state index in [0.717, 1.165) is 12.0 Å². The molecule has 24 heavy (non-hydrogen) atoms. The maximum atomic E-state index is 11.1. The number of benzene rings is 2. The van der Waals surface area contributed by atoms with Gasteiger partial charge in [-0.15, -0.1) is 0 Å². The van der Waals surface area contributed by atoms with Crippen LogP contribution in [-0.4, -0.2) is 5.11 Å². The topological polar surface area (TPSA) is 20.2 Å². The van der Waals surface area contributed by atoms with E-state index in [9.17, 15) is 5.11 Å². The normalized spacial score (nSPS) is 15.5. The third-order valence-corrected chi connectivity index (χ3v) is 5.17. The number of hydrogen-bond acceptors (Lipinski definition) is 1. The zero-order chi connectivity index (χ0) is 17.7. The highest BCUT2D eigenvalue weighted by Crippen LogP contribution is 2.38. The van der Waals surface area contributed by atoms with E-state index in [0.29, 0.717) is 17.8 Å². The Hall–Kier alpha value is -1.60. The molecular weight excluding hydrogens is 292 g/mol. The van der Waals surface area contributed by atoms with Crippen molar-refractivity contribution in [3.05, 3.63) is 71.3 Å². The molecule has 0 aliphatic heterocycles. The standard InChI is InChI=1S/C23H32O/c1-6-21(16(2)3)19-13-10-14-20(15-19)23(24)22(17(4)5)18-11-8-7-9-12-18/h7-17,21-24H,6H2,1-5H3/t21-,22?,23?/m0/s1. The lowest BCUT2D eigenvalue weighted by Crippen LogP contribution is -2.17. The zero-order valence-electron chi connectivity index (χ0n) is 15.7. The SMILES string of the molecule is CC[C@H](c1cccc(C(O)C(c2ccccc2)C(C)C)c1)C(C)C. The summed E-state index contributed by atoms with van der Waals surface area (Å²) in [7, 11) is 0. The Morgan fingerprint density at radius 1 is 0.750 bits per heavy atom. The fraction of sp³-hybridized carbons (Fsp3) is 0.478. The molecule has 130 valence electrons. The number of aliphatic hydroxyl groups excluding tert-OH is 1. The first-order valence-corrected chi connectivity index (χ1v) is 9.28. The molecule has 1 N–H and O–H groups in total. The van der Waals surface area contributed by atoms with Gasteiger partial charge in [0.15, 0.2) is 0 Å². The molecule has 0 saturated carbocycles. The van der Waals surface area contributed by atoms with Crippen LogP contribution in [-0.2, 0) is 0 Å². The predicted molar refractivity (Wildman–Crippen MR) is 103 cm³/mol. The first-order chi connectivity index (χ1) is 11.5. The third kappa shape index (κ3) is 4.27. The minimum Gasteiger partial charge on any atom is -0.388 e. The second kappa shape index (κ2) is 8.48. The molecule has 2 aromatic rings. The monoisotopic (exact) mass is 324 g/mol. The molecule has 3 atom stereocenters. The van der Waals surface area contributed by atoms with Crippen LogP contribution >= 0.6 is 0 Å². The van der Waals surface area contributed by atoms with Crippen molar-refractivity contribution in [3.8, 4) is 0 Å². The number of hydrogen-bond donors (Lipinski definition) is 1. The van der Waals surface area contributed by atoms with Crippen molar-refractivity contribution in [1.29, 1.82) is 0 Å². The van der Waals surface area contributed by atoms with E-state index in [2.05, 4.69) is 83.1 Å². The van der Waals surface area contributed by atoms with Crippen LogP contribution < -0.4 is 0 Å². The summed E-state index contributed by atoms with van der Waals surface area (Å²) >= 11 is 0. The van der Waals surface area contributed by atoms with Gasteiger partial charge in [0, 0.05) is 5.92 Å². The second-order valence-electron chi connectivity index (χ2n) is 7.55. The maximum absolute atomic E-state index is 11.1. The fourth-order valence-corrected chi connectivity index (χ4v) is 3.88. The fourth-order valence-electron chi connectivity index (χ4n) is 3.88. The van der Waals surface area contributed by atoms with Crippen molar-refractivity contribution in [1.82, 2.24) is 0 Å². The van der Waals surface area contributed by atoms with Crippen LogP contribution in [0, 0.1) is 11.8 Å². The summed E-state index contributed by atoms with van der Waals surface area (Å²) in [4.78, 5) is 0. The zero-order valence-corrected chi connectivity index (χ0v) is 15.7.